The minimum atomic E-state index is -1.27. The first kappa shape index (κ1) is 19.0. The van der Waals surface area contributed by atoms with E-state index in [4.69, 9.17) is 4.74 Å². The van der Waals surface area contributed by atoms with Gasteiger partial charge >= 0.3 is 0 Å². The summed E-state index contributed by atoms with van der Waals surface area (Å²) in [5.74, 6) is -1.10. The molecule has 1 saturated heterocycles. The Morgan fingerprint density at radius 1 is 1.16 bits per heavy atom. The molecule has 1 aliphatic heterocycles. The molecule has 0 spiro atoms. The number of fused-ring (bicyclic) bond motifs is 3. The van der Waals surface area contributed by atoms with E-state index >= 15 is 0 Å². The first-order valence-corrected chi connectivity index (χ1v) is 9.24. The Hall–Kier alpha value is -0.750. The number of rotatable bonds is 1. The number of hydrogen-bond acceptors (Lipinski definition) is 5. The van der Waals surface area contributed by atoms with E-state index in [1.54, 1.807) is 19.9 Å². The van der Waals surface area contributed by atoms with E-state index in [0.717, 1.165) is 6.42 Å². The molecule has 5 heteroatoms. The normalized spacial score (nSPS) is 55.2. The molecule has 0 aromatic rings. The van der Waals surface area contributed by atoms with Gasteiger partial charge in [0.25, 0.3) is 0 Å². The summed E-state index contributed by atoms with van der Waals surface area (Å²) in [5.41, 5.74) is -3.30. The zero-order chi connectivity index (χ0) is 19.0. The third-order valence-corrected chi connectivity index (χ3v) is 7.47. The van der Waals surface area contributed by atoms with E-state index in [1.807, 2.05) is 20.8 Å². The van der Waals surface area contributed by atoms with Crippen LogP contribution in [0.5, 0.6) is 0 Å². The summed E-state index contributed by atoms with van der Waals surface area (Å²) in [6.45, 7) is 13.2. The number of aliphatic hydroxyl groups excluding tert-OH is 3. The van der Waals surface area contributed by atoms with Crippen LogP contribution in [0, 0.1) is 22.7 Å². The molecule has 8 atom stereocenters. The summed E-state index contributed by atoms with van der Waals surface area (Å²) in [7, 11) is 0. The molecule has 3 fully saturated rings. The molecular formula is C20H32O5. The second-order valence-corrected chi connectivity index (χ2v) is 9.70. The third-order valence-electron chi connectivity index (χ3n) is 7.47. The lowest BCUT2D eigenvalue weighted by Gasteiger charge is -2.67. The molecule has 3 rings (SSSR count). The number of hydrogen-bond donors (Lipinski definition) is 3. The first-order valence-electron chi connectivity index (χ1n) is 9.24. The van der Waals surface area contributed by atoms with Gasteiger partial charge in [-0.05, 0) is 32.1 Å². The molecule has 0 aromatic heterocycles. The van der Waals surface area contributed by atoms with Crippen molar-refractivity contribution in [1.82, 2.24) is 0 Å². The summed E-state index contributed by atoms with van der Waals surface area (Å²) in [4.78, 5) is 13.2. The summed E-state index contributed by atoms with van der Waals surface area (Å²) in [6, 6.07) is 0. The van der Waals surface area contributed by atoms with E-state index in [0.29, 0.717) is 6.42 Å². The largest absolute Gasteiger partial charge is 0.393 e. The van der Waals surface area contributed by atoms with Crippen LogP contribution in [0.1, 0.15) is 53.9 Å². The maximum absolute atomic E-state index is 13.2. The summed E-state index contributed by atoms with van der Waals surface area (Å²) < 4.78 is 6.24. The fourth-order valence-electron chi connectivity index (χ4n) is 6.42. The van der Waals surface area contributed by atoms with E-state index < -0.39 is 46.8 Å². The maximum atomic E-state index is 13.2. The number of aliphatic hydroxyl groups is 3. The van der Waals surface area contributed by atoms with Crippen molar-refractivity contribution < 1.29 is 24.9 Å². The molecule has 0 bridgehead atoms. The Labute approximate surface area is 150 Å². The fourth-order valence-corrected chi connectivity index (χ4v) is 6.42. The molecule has 3 N–H and O–H groups in total. The van der Waals surface area contributed by atoms with Crippen LogP contribution >= 0.6 is 0 Å². The van der Waals surface area contributed by atoms with Gasteiger partial charge in [-0.2, -0.15) is 0 Å². The zero-order valence-corrected chi connectivity index (χ0v) is 16.0. The molecule has 1 heterocycles. The van der Waals surface area contributed by atoms with Crippen LogP contribution in [0.4, 0.5) is 0 Å². The van der Waals surface area contributed by atoms with Crippen molar-refractivity contribution in [2.45, 2.75) is 83.4 Å². The highest BCUT2D eigenvalue weighted by Crippen LogP contribution is 2.64. The highest BCUT2D eigenvalue weighted by Gasteiger charge is 2.72. The average Bonchev–Trinajstić information content (AvgIpc) is 2.48. The number of ether oxygens (including phenoxy) is 1. The lowest BCUT2D eigenvalue weighted by molar-refractivity contribution is -0.319. The van der Waals surface area contributed by atoms with E-state index in [9.17, 15) is 20.1 Å². The van der Waals surface area contributed by atoms with Gasteiger partial charge in [0.2, 0.25) is 0 Å². The molecule has 0 amide bonds. The van der Waals surface area contributed by atoms with Crippen molar-refractivity contribution >= 4 is 5.78 Å². The molecule has 0 radical (unpaired) electrons. The smallest absolute Gasteiger partial charge is 0.142 e. The molecule has 0 unspecified atom stereocenters. The Bertz CT molecular complexity index is 601. The quantitative estimate of drug-likeness (QED) is 0.627. The van der Waals surface area contributed by atoms with Crippen LogP contribution in [-0.4, -0.2) is 50.6 Å². The van der Waals surface area contributed by atoms with Crippen LogP contribution in [-0.2, 0) is 9.53 Å². The average molecular weight is 352 g/mol. The van der Waals surface area contributed by atoms with Crippen molar-refractivity contribution in [3.8, 4) is 0 Å². The lowest BCUT2D eigenvalue weighted by atomic mass is 9.42. The summed E-state index contributed by atoms with van der Waals surface area (Å²) in [6.07, 6.45) is 0.0519. The highest BCUT2D eigenvalue weighted by atomic mass is 16.5. The van der Waals surface area contributed by atoms with Crippen LogP contribution in [0.15, 0.2) is 12.7 Å². The standard InChI is InChI=1S/C20H32O5/c1-7-18(4)10-11(21)14-19(5)12(22)8-9-17(2,3)15(19)13(23)16(24)20(14,6)25-18/h7,12-16,22-24H,1,8-10H2,2-6H3/t12-,13-,14+,15-,16-,18-,19+,20-/m0/s1. The lowest BCUT2D eigenvalue weighted by Crippen LogP contribution is -2.77. The van der Waals surface area contributed by atoms with Gasteiger partial charge in [-0.3, -0.25) is 4.79 Å². The molecule has 142 valence electrons. The van der Waals surface area contributed by atoms with Gasteiger partial charge in [-0.1, -0.05) is 26.8 Å². The molecular weight excluding hydrogens is 320 g/mol. The minimum Gasteiger partial charge on any atom is -0.393 e. The van der Waals surface area contributed by atoms with Crippen molar-refractivity contribution in [3.63, 3.8) is 0 Å². The van der Waals surface area contributed by atoms with Crippen LogP contribution in [0.2, 0.25) is 0 Å². The zero-order valence-electron chi connectivity index (χ0n) is 16.0. The van der Waals surface area contributed by atoms with Crippen molar-refractivity contribution in [2.75, 3.05) is 0 Å². The van der Waals surface area contributed by atoms with Crippen LogP contribution in [0.3, 0.4) is 0 Å². The first-order chi connectivity index (χ1) is 11.3. The summed E-state index contributed by atoms with van der Waals surface area (Å²) in [5, 5.41) is 33.0. The van der Waals surface area contributed by atoms with Crippen LogP contribution < -0.4 is 0 Å². The minimum absolute atomic E-state index is 0.0358. The van der Waals surface area contributed by atoms with E-state index in [2.05, 4.69) is 6.58 Å². The Morgan fingerprint density at radius 2 is 1.76 bits per heavy atom. The second kappa shape index (κ2) is 5.38. The van der Waals surface area contributed by atoms with Gasteiger partial charge in [0, 0.05) is 17.8 Å². The van der Waals surface area contributed by atoms with Gasteiger partial charge in [-0.15, -0.1) is 6.58 Å². The molecule has 5 nitrogen and oxygen atoms in total. The van der Waals surface area contributed by atoms with Crippen molar-refractivity contribution in [2.24, 2.45) is 22.7 Å². The van der Waals surface area contributed by atoms with Gasteiger partial charge in [-0.25, -0.2) is 0 Å². The Kier molecular flexibility index (Phi) is 4.09. The van der Waals surface area contributed by atoms with E-state index in [-0.39, 0.29) is 17.6 Å². The molecule has 3 aliphatic rings. The molecule has 0 aromatic carbocycles. The monoisotopic (exact) mass is 352 g/mol. The predicted octanol–water partition coefficient (Wildman–Crippen LogP) is 1.83. The Morgan fingerprint density at radius 3 is 2.32 bits per heavy atom. The topological polar surface area (TPSA) is 87.0 Å². The van der Waals surface area contributed by atoms with Crippen molar-refractivity contribution in [3.05, 3.63) is 12.7 Å². The fraction of sp³-hybridized carbons (Fsp3) is 0.850. The highest BCUT2D eigenvalue weighted by molar-refractivity contribution is 5.86. The number of ketones is 1. The van der Waals surface area contributed by atoms with E-state index in [1.165, 1.54) is 0 Å². The SMILES string of the molecule is C=C[C@@]1(C)CC(=O)[C@H]2[C@](C)(O1)[C@@H](O)[C@@H](O)[C@H]1C(C)(C)CC[C@H](O)[C@@]12C. The summed E-state index contributed by atoms with van der Waals surface area (Å²) >= 11 is 0. The van der Waals surface area contributed by atoms with Crippen LogP contribution in [0.25, 0.3) is 0 Å². The van der Waals surface area contributed by atoms with Crippen molar-refractivity contribution in [1.29, 1.82) is 0 Å². The third kappa shape index (κ3) is 2.32. The molecule has 2 saturated carbocycles. The van der Waals surface area contributed by atoms with Gasteiger partial charge in [0.15, 0.2) is 0 Å². The second-order valence-electron chi connectivity index (χ2n) is 9.70. The van der Waals surface area contributed by atoms with Gasteiger partial charge in [0.1, 0.15) is 17.5 Å². The number of carbonyl (C=O) groups is 1. The molecule has 25 heavy (non-hydrogen) atoms. The van der Waals surface area contributed by atoms with Gasteiger partial charge < -0.3 is 20.1 Å². The Balaban J connectivity index is 2.20. The number of carbonyl (C=O) groups excluding carboxylic acids is 1. The number of Topliss-reactive ketones (excluding diaryl/α,β-unsaturated/α-hetero) is 1. The molecule has 2 aliphatic carbocycles. The predicted molar refractivity (Wildman–Crippen MR) is 93.8 cm³/mol. The maximum Gasteiger partial charge on any atom is 0.142 e. The van der Waals surface area contributed by atoms with Gasteiger partial charge in [0.05, 0.1) is 23.7 Å².